The molecule has 2 aromatic rings. The number of imidazole rings is 1. The normalized spacial score (nSPS) is 24.2. The van der Waals surface area contributed by atoms with Crippen molar-refractivity contribution in [1.29, 1.82) is 0 Å². The lowest BCUT2D eigenvalue weighted by Crippen LogP contribution is -2.31. The van der Waals surface area contributed by atoms with Crippen molar-refractivity contribution in [3.8, 4) is 0 Å². The van der Waals surface area contributed by atoms with Crippen LogP contribution in [0.1, 0.15) is 58.2 Å². The Labute approximate surface area is 121 Å². The molecule has 1 fully saturated rings. The number of hydrogen-bond acceptors (Lipinski definition) is 2. The van der Waals surface area contributed by atoms with Gasteiger partial charge in [0.15, 0.2) is 0 Å². The van der Waals surface area contributed by atoms with Gasteiger partial charge >= 0.3 is 0 Å². The summed E-state index contributed by atoms with van der Waals surface area (Å²) in [4.78, 5) is 4.94. The quantitative estimate of drug-likeness (QED) is 0.858. The molecular weight excluding hydrogens is 246 g/mol. The van der Waals surface area contributed by atoms with Gasteiger partial charge in [0.1, 0.15) is 5.82 Å². The second kappa shape index (κ2) is 4.88. The van der Waals surface area contributed by atoms with E-state index >= 15 is 0 Å². The molecule has 2 N–H and O–H groups in total. The number of benzene rings is 1. The summed E-state index contributed by atoms with van der Waals surface area (Å²) in [5.41, 5.74) is 8.58. The molecule has 1 aromatic heterocycles. The molecule has 1 aliphatic carbocycles. The molecule has 1 saturated carbocycles. The van der Waals surface area contributed by atoms with Crippen molar-refractivity contribution in [2.45, 2.75) is 64.0 Å². The first-order valence-electron chi connectivity index (χ1n) is 7.70. The van der Waals surface area contributed by atoms with Crippen LogP contribution in [0.25, 0.3) is 11.0 Å². The third-order valence-electron chi connectivity index (χ3n) is 4.34. The van der Waals surface area contributed by atoms with Gasteiger partial charge in [-0.05, 0) is 52.2 Å². The Hall–Kier alpha value is -1.35. The molecule has 0 spiro atoms. The van der Waals surface area contributed by atoms with Crippen molar-refractivity contribution in [2.24, 2.45) is 5.73 Å². The molecule has 1 heterocycles. The van der Waals surface area contributed by atoms with Crippen molar-refractivity contribution >= 4 is 11.0 Å². The monoisotopic (exact) mass is 271 g/mol. The van der Waals surface area contributed by atoms with Gasteiger partial charge in [0.05, 0.1) is 11.0 Å². The van der Waals surface area contributed by atoms with Crippen molar-refractivity contribution in [2.75, 3.05) is 0 Å². The highest BCUT2D eigenvalue weighted by molar-refractivity contribution is 5.76. The van der Waals surface area contributed by atoms with Crippen LogP contribution in [0.15, 0.2) is 24.3 Å². The fourth-order valence-corrected chi connectivity index (χ4v) is 3.49. The van der Waals surface area contributed by atoms with Gasteiger partial charge in [-0.15, -0.1) is 0 Å². The van der Waals surface area contributed by atoms with Gasteiger partial charge in [-0.1, -0.05) is 18.6 Å². The minimum Gasteiger partial charge on any atom is -0.328 e. The maximum absolute atomic E-state index is 6.18. The Bertz CT molecular complexity index is 606. The molecule has 0 radical (unpaired) electrons. The molecule has 2 unspecified atom stereocenters. The third-order valence-corrected chi connectivity index (χ3v) is 4.34. The third kappa shape index (κ3) is 2.35. The van der Waals surface area contributed by atoms with Crippen molar-refractivity contribution in [1.82, 2.24) is 9.55 Å². The number of fused-ring (bicyclic) bond motifs is 1. The van der Waals surface area contributed by atoms with E-state index in [1.807, 2.05) is 0 Å². The molecule has 0 bridgehead atoms. The molecule has 1 aliphatic rings. The van der Waals surface area contributed by atoms with Crippen LogP contribution in [0.5, 0.6) is 0 Å². The van der Waals surface area contributed by atoms with Gasteiger partial charge < -0.3 is 10.3 Å². The molecule has 3 rings (SSSR count). The molecular formula is C17H25N3. The SMILES string of the molecule is CC(C)(C)n1c(C2CCCC(N)C2)nc2ccccc21. The Kier molecular flexibility index (Phi) is 3.33. The predicted octanol–water partition coefficient (Wildman–Crippen LogP) is 3.78. The van der Waals surface area contributed by atoms with Crippen molar-refractivity contribution in [3.05, 3.63) is 30.1 Å². The first kappa shape index (κ1) is 13.6. The predicted molar refractivity (Wildman–Crippen MR) is 83.9 cm³/mol. The highest BCUT2D eigenvalue weighted by Crippen LogP contribution is 2.36. The molecule has 0 saturated heterocycles. The van der Waals surface area contributed by atoms with Crippen LogP contribution in [0.2, 0.25) is 0 Å². The zero-order valence-electron chi connectivity index (χ0n) is 12.8. The highest BCUT2D eigenvalue weighted by Gasteiger charge is 2.29. The van der Waals surface area contributed by atoms with E-state index in [4.69, 9.17) is 10.7 Å². The summed E-state index contributed by atoms with van der Waals surface area (Å²) >= 11 is 0. The molecule has 20 heavy (non-hydrogen) atoms. The standard InChI is InChI=1S/C17H25N3/c1-17(2,3)20-15-10-5-4-9-14(15)19-16(20)12-7-6-8-13(18)11-12/h4-5,9-10,12-13H,6-8,11,18H2,1-3H3. The Morgan fingerprint density at radius 3 is 2.65 bits per heavy atom. The largest absolute Gasteiger partial charge is 0.328 e. The van der Waals surface area contributed by atoms with Crippen LogP contribution in [0.3, 0.4) is 0 Å². The Morgan fingerprint density at radius 1 is 1.20 bits per heavy atom. The number of hydrogen-bond donors (Lipinski definition) is 1. The second-order valence-corrected chi connectivity index (χ2v) is 7.09. The highest BCUT2D eigenvalue weighted by atomic mass is 15.1. The van der Waals surface area contributed by atoms with E-state index in [9.17, 15) is 0 Å². The lowest BCUT2D eigenvalue weighted by Gasteiger charge is -2.31. The van der Waals surface area contributed by atoms with E-state index in [0.717, 1.165) is 18.4 Å². The summed E-state index contributed by atoms with van der Waals surface area (Å²) in [5, 5.41) is 0. The summed E-state index contributed by atoms with van der Waals surface area (Å²) in [6, 6.07) is 8.80. The maximum atomic E-state index is 6.18. The van der Waals surface area contributed by atoms with E-state index in [1.54, 1.807) is 0 Å². The minimum absolute atomic E-state index is 0.0486. The van der Waals surface area contributed by atoms with Gasteiger partial charge in [0.2, 0.25) is 0 Å². The van der Waals surface area contributed by atoms with Gasteiger partial charge in [0.25, 0.3) is 0 Å². The van der Waals surface area contributed by atoms with Crippen LogP contribution < -0.4 is 5.73 Å². The number of aromatic nitrogens is 2. The Balaban J connectivity index is 2.14. The first-order chi connectivity index (χ1) is 9.47. The van der Waals surface area contributed by atoms with Crippen LogP contribution in [-0.2, 0) is 5.54 Å². The van der Waals surface area contributed by atoms with Gasteiger partial charge in [0, 0.05) is 17.5 Å². The van der Waals surface area contributed by atoms with Crippen molar-refractivity contribution < 1.29 is 0 Å². The van der Waals surface area contributed by atoms with E-state index in [-0.39, 0.29) is 5.54 Å². The van der Waals surface area contributed by atoms with Crippen LogP contribution in [0, 0.1) is 0 Å². The summed E-state index contributed by atoms with van der Waals surface area (Å²) in [6.45, 7) is 6.77. The van der Waals surface area contributed by atoms with E-state index in [2.05, 4.69) is 49.6 Å². The van der Waals surface area contributed by atoms with Crippen LogP contribution >= 0.6 is 0 Å². The summed E-state index contributed by atoms with van der Waals surface area (Å²) in [7, 11) is 0. The van der Waals surface area contributed by atoms with Crippen LogP contribution in [0.4, 0.5) is 0 Å². The molecule has 0 aliphatic heterocycles. The maximum Gasteiger partial charge on any atom is 0.113 e. The fourth-order valence-electron chi connectivity index (χ4n) is 3.49. The molecule has 2 atom stereocenters. The summed E-state index contributed by atoms with van der Waals surface area (Å²) in [6.07, 6.45) is 4.66. The average molecular weight is 271 g/mol. The first-order valence-corrected chi connectivity index (χ1v) is 7.70. The zero-order valence-corrected chi connectivity index (χ0v) is 12.8. The minimum atomic E-state index is 0.0486. The van der Waals surface area contributed by atoms with E-state index in [1.165, 1.54) is 24.2 Å². The summed E-state index contributed by atoms with van der Waals surface area (Å²) in [5.74, 6) is 1.74. The lowest BCUT2D eigenvalue weighted by atomic mass is 9.85. The van der Waals surface area contributed by atoms with Gasteiger partial charge in [-0.2, -0.15) is 0 Å². The number of rotatable bonds is 1. The lowest BCUT2D eigenvalue weighted by molar-refractivity contribution is 0.336. The van der Waals surface area contributed by atoms with Crippen LogP contribution in [-0.4, -0.2) is 15.6 Å². The molecule has 3 heteroatoms. The smallest absolute Gasteiger partial charge is 0.113 e. The number of nitrogens with two attached hydrogens (primary N) is 1. The van der Waals surface area contributed by atoms with Gasteiger partial charge in [-0.3, -0.25) is 0 Å². The number of para-hydroxylation sites is 2. The summed E-state index contributed by atoms with van der Waals surface area (Å²) < 4.78 is 2.42. The molecule has 108 valence electrons. The second-order valence-electron chi connectivity index (χ2n) is 7.09. The van der Waals surface area contributed by atoms with Gasteiger partial charge in [-0.25, -0.2) is 4.98 Å². The fraction of sp³-hybridized carbons (Fsp3) is 0.588. The van der Waals surface area contributed by atoms with Crippen molar-refractivity contribution in [3.63, 3.8) is 0 Å². The average Bonchev–Trinajstić information content (AvgIpc) is 2.77. The molecule has 1 aromatic carbocycles. The topological polar surface area (TPSA) is 43.8 Å². The van der Waals surface area contributed by atoms with E-state index < -0.39 is 0 Å². The molecule has 0 amide bonds. The number of nitrogens with zero attached hydrogens (tertiary/aromatic N) is 2. The molecule has 3 nitrogen and oxygen atoms in total. The van der Waals surface area contributed by atoms with E-state index in [0.29, 0.717) is 12.0 Å². The Morgan fingerprint density at radius 2 is 1.95 bits per heavy atom. The zero-order chi connectivity index (χ0) is 14.3.